The number of benzene rings is 1. The smallest absolute Gasteiger partial charge is 0.241 e. The highest BCUT2D eigenvalue weighted by Gasteiger charge is 2.33. The summed E-state index contributed by atoms with van der Waals surface area (Å²) < 4.78 is 27.3. The number of carbonyl (C=O) groups excluding carboxylic acids is 1. The van der Waals surface area contributed by atoms with Crippen LogP contribution >= 0.6 is 0 Å². The zero-order chi connectivity index (χ0) is 14.8. The standard InChI is InChI=1S/C13H19N3O3S/c1-10(17)15-11-3-5-12(6-4-11)20(18,19)16-13(2)7-8-14-9-13/h3-6,14,16H,7-9H2,1-2H3,(H,15,17). The zero-order valence-corrected chi connectivity index (χ0v) is 12.4. The molecule has 1 atom stereocenters. The van der Waals surface area contributed by atoms with Gasteiger partial charge in [-0.3, -0.25) is 4.79 Å². The first-order valence-electron chi connectivity index (χ1n) is 6.43. The molecule has 1 fully saturated rings. The first-order chi connectivity index (χ1) is 9.31. The Labute approximate surface area is 119 Å². The Balaban J connectivity index is 2.15. The van der Waals surface area contributed by atoms with Crippen LogP contribution in [-0.2, 0) is 14.8 Å². The van der Waals surface area contributed by atoms with Crippen molar-refractivity contribution in [2.24, 2.45) is 0 Å². The lowest BCUT2D eigenvalue weighted by molar-refractivity contribution is -0.114. The summed E-state index contributed by atoms with van der Waals surface area (Å²) in [5.74, 6) is -0.191. The SMILES string of the molecule is CC(=O)Nc1ccc(S(=O)(=O)NC2(C)CCNC2)cc1. The lowest BCUT2D eigenvalue weighted by atomic mass is 10.0. The molecule has 3 N–H and O–H groups in total. The predicted octanol–water partition coefficient (Wildman–Crippen LogP) is 0.675. The highest BCUT2D eigenvalue weighted by Crippen LogP contribution is 2.19. The van der Waals surface area contributed by atoms with Crippen molar-refractivity contribution in [2.75, 3.05) is 18.4 Å². The Morgan fingerprint density at radius 1 is 1.30 bits per heavy atom. The number of amides is 1. The van der Waals surface area contributed by atoms with E-state index in [4.69, 9.17) is 0 Å². The molecule has 1 amide bonds. The van der Waals surface area contributed by atoms with E-state index in [0.717, 1.165) is 13.0 Å². The molecule has 1 aliphatic rings. The van der Waals surface area contributed by atoms with Crippen molar-refractivity contribution in [3.8, 4) is 0 Å². The zero-order valence-electron chi connectivity index (χ0n) is 11.6. The highest BCUT2D eigenvalue weighted by atomic mass is 32.2. The number of rotatable bonds is 4. The monoisotopic (exact) mass is 297 g/mol. The van der Waals surface area contributed by atoms with Crippen LogP contribution in [0, 0.1) is 0 Å². The second-order valence-corrected chi connectivity index (χ2v) is 6.98. The van der Waals surface area contributed by atoms with Gasteiger partial charge >= 0.3 is 0 Å². The molecular weight excluding hydrogens is 278 g/mol. The fraction of sp³-hybridized carbons (Fsp3) is 0.462. The molecule has 0 aromatic heterocycles. The highest BCUT2D eigenvalue weighted by molar-refractivity contribution is 7.89. The van der Waals surface area contributed by atoms with Crippen LogP contribution in [0.2, 0.25) is 0 Å². The average Bonchev–Trinajstić information content (AvgIpc) is 2.74. The van der Waals surface area contributed by atoms with E-state index in [1.54, 1.807) is 12.1 Å². The predicted molar refractivity (Wildman–Crippen MR) is 77.0 cm³/mol. The molecule has 2 rings (SSSR count). The normalized spacial score (nSPS) is 22.7. The number of hydrogen-bond donors (Lipinski definition) is 3. The van der Waals surface area contributed by atoms with Gasteiger partial charge in [0.05, 0.1) is 4.90 Å². The summed E-state index contributed by atoms with van der Waals surface area (Å²) in [4.78, 5) is 11.1. The van der Waals surface area contributed by atoms with Gasteiger partial charge in [-0.25, -0.2) is 13.1 Å². The van der Waals surface area contributed by atoms with Crippen molar-refractivity contribution >= 4 is 21.6 Å². The molecule has 7 heteroatoms. The quantitative estimate of drug-likeness (QED) is 0.762. The Kier molecular flexibility index (Phi) is 4.12. The van der Waals surface area contributed by atoms with E-state index in [0.29, 0.717) is 12.2 Å². The number of anilines is 1. The maximum absolute atomic E-state index is 12.3. The number of sulfonamides is 1. The molecule has 1 aromatic carbocycles. The van der Waals surface area contributed by atoms with Gasteiger partial charge in [-0.2, -0.15) is 0 Å². The van der Waals surface area contributed by atoms with Crippen LogP contribution in [0.15, 0.2) is 29.2 Å². The van der Waals surface area contributed by atoms with Crippen molar-refractivity contribution < 1.29 is 13.2 Å². The molecule has 1 aromatic rings. The molecule has 0 spiro atoms. The van der Waals surface area contributed by atoms with Gasteiger partial charge in [-0.1, -0.05) is 0 Å². The van der Waals surface area contributed by atoms with E-state index in [1.807, 2.05) is 6.92 Å². The lowest BCUT2D eigenvalue weighted by Gasteiger charge is -2.24. The Morgan fingerprint density at radius 3 is 2.45 bits per heavy atom. The van der Waals surface area contributed by atoms with E-state index in [1.165, 1.54) is 19.1 Å². The van der Waals surface area contributed by atoms with Crippen LogP contribution in [0.4, 0.5) is 5.69 Å². The van der Waals surface area contributed by atoms with Crippen molar-refractivity contribution in [3.63, 3.8) is 0 Å². The average molecular weight is 297 g/mol. The minimum Gasteiger partial charge on any atom is -0.326 e. The summed E-state index contributed by atoms with van der Waals surface area (Å²) in [6.45, 7) is 4.72. The fourth-order valence-electron chi connectivity index (χ4n) is 2.21. The summed E-state index contributed by atoms with van der Waals surface area (Å²) in [7, 11) is -3.55. The van der Waals surface area contributed by atoms with Crippen LogP contribution in [0.1, 0.15) is 20.3 Å². The molecule has 0 bridgehead atoms. The van der Waals surface area contributed by atoms with E-state index >= 15 is 0 Å². The summed E-state index contributed by atoms with van der Waals surface area (Å²) in [6.07, 6.45) is 0.760. The van der Waals surface area contributed by atoms with E-state index in [9.17, 15) is 13.2 Å². The van der Waals surface area contributed by atoms with E-state index in [-0.39, 0.29) is 10.8 Å². The largest absolute Gasteiger partial charge is 0.326 e. The summed E-state index contributed by atoms with van der Waals surface area (Å²) >= 11 is 0. The molecule has 1 heterocycles. The van der Waals surface area contributed by atoms with Crippen molar-refractivity contribution in [3.05, 3.63) is 24.3 Å². The first-order valence-corrected chi connectivity index (χ1v) is 7.91. The van der Waals surface area contributed by atoms with E-state index in [2.05, 4.69) is 15.4 Å². The Morgan fingerprint density at radius 2 is 1.95 bits per heavy atom. The van der Waals surface area contributed by atoms with Gasteiger partial charge in [-0.15, -0.1) is 0 Å². The van der Waals surface area contributed by atoms with Crippen molar-refractivity contribution in [1.29, 1.82) is 0 Å². The molecule has 110 valence electrons. The van der Waals surface area contributed by atoms with Gasteiger partial charge in [0.15, 0.2) is 0 Å². The fourth-order valence-corrected chi connectivity index (χ4v) is 3.64. The van der Waals surface area contributed by atoms with Crippen LogP contribution in [0.25, 0.3) is 0 Å². The van der Waals surface area contributed by atoms with Crippen LogP contribution in [-0.4, -0.2) is 33.0 Å². The molecule has 0 radical (unpaired) electrons. The second-order valence-electron chi connectivity index (χ2n) is 5.30. The van der Waals surface area contributed by atoms with Gasteiger partial charge in [0.25, 0.3) is 0 Å². The first kappa shape index (κ1) is 15.0. The molecule has 0 aliphatic carbocycles. The third-order valence-corrected chi connectivity index (χ3v) is 4.89. The molecule has 0 saturated carbocycles. The topological polar surface area (TPSA) is 87.3 Å². The Hall–Kier alpha value is -1.44. The minimum atomic E-state index is -3.55. The molecular formula is C13H19N3O3S. The number of carbonyl (C=O) groups is 1. The lowest BCUT2D eigenvalue weighted by Crippen LogP contribution is -2.47. The molecule has 1 aliphatic heterocycles. The maximum Gasteiger partial charge on any atom is 0.241 e. The van der Waals surface area contributed by atoms with Gasteiger partial charge in [0.1, 0.15) is 0 Å². The van der Waals surface area contributed by atoms with Crippen LogP contribution < -0.4 is 15.4 Å². The van der Waals surface area contributed by atoms with E-state index < -0.39 is 15.6 Å². The third-order valence-electron chi connectivity index (χ3n) is 3.23. The van der Waals surface area contributed by atoms with Crippen molar-refractivity contribution in [1.82, 2.24) is 10.0 Å². The molecule has 20 heavy (non-hydrogen) atoms. The summed E-state index contributed by atoms with van der Waals surface area (Å²) in [5, 5.41) is 5.74. The van der Waals surface area contributed by atoms with Gasteiger partial charge in [0.2, 0.25) is 15.9 Å². The summed E-state index contributed by atoms with van der Waals surface area (Å²) in [5.41, 5.74) is 0.125. The molecule has 1 unspecified atom stereocenters. The second kappa shape index (κ2) is 5.51. The number of hydrogen-bond acceptors (Lipinski definition) is 4. The summed E-state index contributed by atoms with van der Waals surface area (Å²) in [6, 6.07) is 6.12. The minimum absolute atomic E-state index is 0.191. The Bertz CT molecular complexity index is 590. The maximum atomic E-state index is 12.3. The molecule has 1 saturated heterocycles. The van der Waals surface area contributed by atoms with Crippen molar-refractivity contribution in [2.45, 2.75) is 30.7 Å². The van der Waals surface area contributed by atoms with Gasteiger partial charge < -0.3 is 10.6 Å². The third kappa shape index (κ3) is 3.56. The van der Waals surface area contributed by atoms with Crippen LogP contribution in [0.3, 0.4) is 0 Å². The molecule has 6 nitrogen and oxygen atoms in total. The number of nitrogens with one attached hydrogen (secondary N) is 3. The van der Waals surface area contributed by atoms with Gasteiger partial charge in [-0.05, 0) is 44.2 Å². The van der Waals surface area contributed by atoms with Crippen LogP contribution in [0.5, 0.6) is 0 Å². The van der Waals surface area contributed by atoms with Gasteiger partial charge in [0, 0.05) is 24.7 Å².